The molecule has 1 saturated heterocycles. The molecule has 2 aromatic heterocycles. The molecule has 1 aliphatic heterocycles. The molecule has 0 bridgehead atoms. The lowest BCUT2D eigenvalue weighted by molar-refractivity contribution is -0.0573. The maximum atomic E-state index is 9.90. The molecule has 10 heteroatoms. The number of rotatable bonds is 4. The fourth-order valence-electron chi connectivity index (χ4n) is 3.12. The summed E-state index contributed by atoms with van der Waals surface area (Å²) < 4.78 is 9.64. The minimum absolute atomic E-state index is 0.496. The molecule has 1 unspecified atom stereocenters. The van der Waals surface area contributed by atoms with Gasteiger partial charge in [-0.2, -0.15) is 14.5 Å². The van der Waals surface area contributed by atoms with Crippen LogP contribution in [0.1, 0.15) is 0 Å². The fraction of sp³-hybridized carbons (Fsp3) is 0.167. The van der Waals surface area contributed by atoms with Crippen LogP contribution >= 0.6 is 23.1 Å². The van der Waals surface area contributed by atoms with E-state index in [4.69, 9.17) is 16.3 Å². The summed E-state index contributed by atoms with van der Waals surface area (Å²) in [5, 5.41) is 22.1. The van der Waals surface area contributed by atoms with E-state index in [1.54, 1.807) is 11.1 Å². The number of ether oxygens (including phenoxy) is 1. The minimum Gasteiger partial charge on any atom is -0.351 e. The Kier molecular flexibility index (Phi) is 4.36. The van der Waals surface area contributed by atoms with E-state index in [0.717, 1.165) is 27.8 Å². The van der Waals surface area contributed by atoms with Crippen molar-refractivity contribution >= 4 is 50.5 Å². The van der Waals surface area contributed by atoms with E-state index in [-0.39, 0.29) is 0 Å². The number of aromatic amines is 1. The van der Waals surface area contributed by atoms with Crippen molar-refractivity contribution in [1.82, 2.24) is 19.6 Å². The fourth-order valence-corrected chi connectivity index (χ4v) is 3.99. The summed E-state index contributed by atoms with van der Waals surface area (Å²) >= 11 is 7.71. The van der Waals surface area contributed by atoms with Crippen molar-refractivity contribution in [3.05, 3.63) is 47.6 Å². The predicted molar refractivity (Wildman–Crippen MR) is 109 cm³/mol. The molecule has 1 aliphatic rings. The quantitative estimate of drug-likeness (QED) is 0.469. The third kappa shape index (κ3) is 3.08. The molecule has 28 heavy (non-hydrogen) atoms. The summed E-state index contributed by atoms with van der Waals surface area (Å²) in [5.74, 6) is 0.601. The molecule has 3 heterocycles. The summed E-state index contributed by atoms with van der Waals surface area (Å²) in [4.78, 5) is 6.36. The van der Waals surface area contributed by atoms with E-state index in [1.165, 1.54) is 11.5 Å². The second-order valence-corrected chi connectivity index (χ2v) is 7.38. The molecule has 3 N–H and O–H groups in total. The van der Waals surface area contributed by atoms with Gasteiger partial charge in [-0.05, 0) is 24.3 Å². The summed E-state index contributed by atoms with van der Waals surface area (Å²) in [6.07, 6.45) is 0.770. The van der Waals surface area contributed by atoms with Gasteiger partial charge < -0.3 is 20.1 Å². The van der Waals surface area contributed by atoms with Crippen LogP contribution in [-0.2, 0) is 4.74 Å². The van der Waals surface area contributed by atoms with Gasteiger partial charge in [-0.1, -0.05) is 23.7 Å². The summed E-state index contributed by atoms with van der Waals surface area (Å²) in [7, 11) is 0. The Balaban J connectivity index is 1.41. The molecule has 0 spiro atoms. The molecule has 2 aromatic carbocycles. The van der Waals surface area contributed by atoms with Crippen LogP contribution in [0.4, 0.5) is 16.5 Å². The summed E-state index contributed by atoms with van der Waals surface area (Å²) in [6.45, 7) is 1.13. The molecule has 4 aromatic rings. The lowest BCUT2D eigenvalue weighted by Crippen LogP contribution is -2.29. The van der Waals surface area contributed by atoms with Crippen LogP contribution in [-0.4, -0.2) is 44.2 Å². The smallest absolute Gasteiger partial charge is 0.238 e. The SMILES string of the molecule is OC1OCCN1c1cccc(-c2nsc(Nc3ccc4[nH]ncc4c3Cl)n2)c1. The highest BCUT2D eigenvalue weighted by molar-refractivity contribution is 7.10. The third-order valence-electron chi connectivity index (χ3n) is 4.53. The van der Waals surface area contributed by atoms with Gasteiger partial charge >= 0.3 is 0 Å². The number of nitrogens with zero attached hydrogens (tertiary/aromatic N) is 4. The van der Waals surface area contributed by atoms with Gasteiger partial charge in [0.2, 0.25) is 11.5 Å². The first-order valence-corrected chi connectivity index (χ1v) is 9.73. The second kappa shape index (κ2) is 7.02. The minimum atomic E-state index is -0.921. The lowest BCUT2D eigenvalue weighted by Gasteiger charge is -2.20. The normalized spacial score (nSPS) is 16.8. The molecule has 1 fully saturated rings. The highest BCUT2D eigenvalue weighted by atomic mass is 35.5. The number of H-pyrrole nitrogens is 1. The molecular formula is C18H15ClN6O2S. The van der Waals surface area contributed by atoms with Crippen molar-refractivity contribution in [2.45, 2.75) is 6.41 Å². The zero-order chi connectivity index (χ0) is 19.1. The van der Waals surface area contributed by atoms with E-state index in [1.807, 2.05) is 36.4 Å². The molecule has 0 saturated carbocycles. The van der Waals surface area contributed by atoms with E-state index >= 15 is 0 Å². The van der Waals surface area contributed by atoms with Gasteiger partial charge in [-0.25, -0.2) is 0 Å². The van der Waals surface area contributed by atoms with Crippen molar-refractivity contribution in [3.63, 3.8) is 0 Å². The number of fused-ring (bicyclic) bond motifs is 1. The van der Waals surface area contributed by atoms with Crippen molar-refractivity contribution in [2.24, 2.45) is 0 Å². The van der Waals surface area contributed by atoms with Crippen LogP contribution in [0.2, 0.25) is 5.02 Å². The first-order valence-electron chi connectivity index (χ1n) is 8.58. The van der Waals surface area contributed by atoms with E-state index in [9.17, 15) is 5.11 Å². The molecular weight excluding hydrogens is 400 g/mol. The number of hydrogen-bond acceptors (Lipinski definition) is 8. The lowest BCUT2D eigenvalue weighted by atomic mass is 10.2. The van der Waals surface area contributed by atoms with E-state index in [0.29, 0.717) is 29.1 Å². The number of hydrogen-bond donors (Lipinski definition) is 3. The molecule has 1 atom stereocenters. The Morgan fingerprint density at radius 1 is 1.32 bits per heavy atom. The number of aromatic nitrogens is 4. The largest absolute Gasteiger partial charge is 0.351 e. The number of anilines is 3. The molecule has 0 amide bonds. The van der Waals surface area contributed by atoms with Gasteiger partial charge in [0.15, 0.2) is 5.82 Å². The van der Waals surface area contributed by atoms with Crippen LogP contribution in [0.15, 0.2) is 42.6 Å². The topological polar surface area (TPSA) is 99.2 Å². The first-order chi connectivity index (χ1) is 13.7. The van der Waals surface area contributed by atoms with Crippen LogP contribution in [0.3, 0.4) is 0 Å². The molecule has 5 rings (SSSR count). The molecule has 142 valence electrons. The summed E-state index contributed by atoms with van der Waals surface area (Å²) in [5.41, 5.74) is 3.33. The van der Waals surface area contributed by atoms with Crippen LogP contribution < -0.4 is 10.2 Å². The number of aliphatic hydroxyl groups excluding tert-OH is 1. The van der Waals surface area contributed by atoms with Gasteiger partial charge in [0.1, 0.15) is 0 Å². The van der Waals surface area contributed by atoms with Gasteiger partial charge in [0.05, 0.1) is 29.0 Å². The van der Waals surface area contributed by atoms with Crippen LogP contribution in [0, 0.1) is 0 Å². The Morgan fingerprint density at radius 3 is 3.11 bits per heavy atom. The summed E-state index contributed by atoms with van der Waals surface area (Å²) in [6, 6.07) is 11.5. The molecule has 0 aliphatic carbocycles. The zero-order valence-electron chi connectivity index (χ0n) is 14.5. The maximum Gasteiger partial charge on any atom is 0.238 e. The van der Waals surface area contributed by atoms with E-state index < -0.39 is 6.41 Å². The Bertz CT molecular complexity index is 1150. The maximum absolute atomic E-state index is 9.90. The Hall–Kier alpha value is -2.72. The number of aliphatic hydroxyl groups is 1. The van der Waals surface area contributed by atoms with Crippen LogP contribution in [0.25, 0.3) is 22.3 Å². The Labute approximate surface area is 168 Å². The van der Waals surface area contributed by atoms with E-state index in [2.05, 4.69) is 24.9 Å². The van der Waals surface area contributed by atoms with Gasteiger partial charge in [0, 0.05) is 34.7 Å². The third-order valence-corrected chi connectivity index (χ3v) is 5.57. The monoisotopic (exact) mass is 414 g/mol. The number of halogens is 1. The highest BCUT2D eigenvalue weighted by Crippen LogP contribution is 2.33. The van der Waals surface area contributed by atoms with Crippen molar-refractivity contribution in [3.8, 4) is 11.4 Å². The Morgan fingerprint density at radius 2 is 2.25 bits per heavy atom. The van der Waals surface area contributed by atoms with Crippen molar-refractivity contribution in [1.29, 1.82) is 0 Å². The van der Waals surface area contributed by atoms with Crippen molar-refractivity contribution in [2.75, 3.05) is 23.4 Å². The van der Waals surface area contributed by atoms with Crippen LogP contribution in [0.5, 0.6) is 0 Å². The average molecular weight is 415 g/mol. The van der Waals surface area contributed by atoms with Gasteiger partial charge in [-0.3, -0.25) is 5.10 Å². The standard InChI is InChI=1S/C18H15ClN6O2S/c19-15-12-9-20-23-13(12)4-5-14(15)21-17-22-16(24-28-17)10-2-1-3-11(8-10)25-6-7-27-18(25)26/h1-5,8-9,18,26H,6-7H2,(H,20,23)(H,21,22,24). The molecule has 0 radical (unpaired) electrons. The molecule has 8 nitrogen and oxygen atoms in total. The average Bonchev–Trinajstić information content (AvgIpc) is 3.45. The number of benzene rings is 2. The van der Waals surface area contributed by atoms with Gasteiger partial charge in [-0.15, -0.1) is 0 Å². The van der Waals surface area contributed by atoms with Crippen molar-refractivity contribution < 1.29 is 9.84 Å². The zero-order valence-corrected chi connectivity index (χ0v) is 16.0. The number of nitrogens with one attached hydrogen (secondary N) is 2. The second-order valence-electron chi connectivity index (χ2n) is 6.25. The highest BCUT2D eigenvalue weighted by Gasteiger charge is 2.23. The van der Waals surface area contributed by atoms with Gasteiger partial charge in [0.25, 0.3) is 0 Å². The first kappa shape index (κ1) is 17.4. The predicted octanol–water partition coefficient (Wildman–Crippen LogP) is 3.59.